The van der Waals surface area contributed by atoms with E-state index in [0.29, 0.717) is 6.42 Å². The van der Waals surface area contributed by atoms with Crippen LogP contribution in [-0.2, 0) is 11.2 Å². The van der Waals surface area contributed by atoms with Gasteiger partial charge in [0, 0.05) is 37.3 Å². The number of pyridine rings is 1. The average molecular weight is 344 g/mol. The molecule has 0 aliphatic carbocycles. The summed E-state index contributed by atoms with van der Waals surface area (Å²) in [5.41, 5.74) is 1.90. The molecule has 1 aliphatic heterocycles. The quantitative estimate of drug-likeness (QED) is 0.856. The molecule has 0 radical (unpaired) electrons. The lowest BCUT2D eigenvalue weighted by Crippen LogP contribution is -2.49. The van der Waals surface area contributed by atoms with Crippen LogP contribution in [0.25, 0.3) is 0 Å². The molecule has 1 amide bonds. The third kappa shape index (κ3) is 3.93. The van der Waals surface area contributed by atoms with Gasteiger partial charge in [-0.2, -0.15) is 0 Å². The molecule has 3 heterocycles. The highest BCUT2D eigenvalue weighted by Crippen LogP contribution is 2.21. The standard InChI is InChI=1S/C18H24N4OS/c1-13-6-4-8-17(19-13)22-9-5-7-16(11-22)21(3)18(23)10-15-12-24-14(2)20-15/h4,6,8,12,16H,5,7,9-11H2,1-3H3/t16-/m0/s1. The van der Waals surface area contributed by atoms with Crippen molar-refractivity contribution in [1.82, 2.24) is 14.9 Å². The minimum atomic E-state index is 0.143. The molecule has 2 aromatic heterocycles. The topological polar surface area (TPSA) is 49.3 Å². The summed E-state index contributed by atoms with van der Waals surface area (Å²) in [4.78, 5) is 25.8. The van der Waals surface area contributed by atoms with E-state index in [-0.39, 0.29) is 11.9 Å². The molecule has 1 fully saturated rings. The van der Waals surface area contributed by atoms with E-state index in [1.165, 1.54) is 0 Å². The van der Waals surface area contributed by atoms with Crippen LogP contribution >= 0.6 is 11.3 Å². The van der Waals surface area contributed by atoms with Crippen LogP contribution in [0.5, 0.6) is 0 Å². The van der Waals surface area contributed by atoms with E-state index in [9.17, 15) is 4.79 Å². The summed E-state index contributed by atoms with van der Waals surface area (Å²) in [6.07, 6.45) is 2.51. The molecule has 0 spiro atoms. The van der Waals surface area contributed by atoms with Gasteiger partial charge in [0.15, 0.2) is 0 Å². The summed E-state index contributed by atoms with van der Waals surface area (Å²) in [5, 5.41) is 2.99. The Morgan fingerprint density at radius 3 is 2.92 bits per heavy atom. The van der Waals surface area contributed by atoms with Gasteiger partial charge in [0.25, 0.3) is 0 Å². The Kier molecular flexibility index (Phi) is 5.14. The number of carbonyl (C=O) groups is 1. The number of aryl methyl sites for hydroxylation is 2. The summed E-state index contributed by atoms with van der Waals surface area (Å²) >= 11 is 1.59. The highest BCUT2D eigenvalue weighted by atomic mass is 32.1. The van der Waals surface area contributed by atoms with Crippen LogP contribution in [0.3, 0.4) is 0 Å². The van der Waals surface area contributed by atoms with Gasteiger partial charge in [-0.3, -0.25) is 4.79 Å². The molecule has 0 bridgehead atoms. The van der Waals surface area contributed by atoms with Gasteiger partial charge in [0.1, 0.15) is 5.82 Å². The van der Waals surface area contributed by atoms with Crippen molar-refractivity contribution in [2.24, 2.45) is 0 Å². The second-order valence-electron chi connectivity index (χ2n) is 6.42. The lowest BCUT2D eigenvalue weighted by Gasteiger charge is -2.38. The second kappa shape index (κ2) is 7.30. The number of anilines is 1. The van der Waals surface area contributed by atoms with Crippen molar-refractivity contribution in [2.75, 3.05) is 25.0 Å². The van der Waals surface area contributed by atoms with E-state index in [1.54, 1.807) is 11.3 Å². The largest absolute Gasteiger partial charge is 0.355 e. The monoisotopic (exact) mass is 344 g/mol. The van der Waals surface area contributed by atoms with Gasteiger partial charge in [-0.1, -0.05) is 6.07 Å². The molecule has 6 heteroatoms. The molecule has 1 saturated heterocycles. The van der Waals surface area contributed by atoms with Crippen LogP contribution in [-0.4, -0.2) is 47.0 Å². The van der Waals surface area contributed by atoms with Gasteiger partial charge in [-0.25, -0.2) is 9.97 Å². The number of rotatable bonds is 4. The fraction of sp³-hybridized carbons (Fsp3) is 0.500. The van der Waals surface area contributed by atoms with Gasteiger partial charge in [-0.05, 0) is 38.8 Å². The molecule has 0 N–H and O–H groups in total. The Hall–Kier alpha value is -1.95. The Labute approximate surface area is 147 Å². The summed E-state index contributed by atoms with van der Waals surface area (Å²) in [6, 6.07) is 6.33. The summed E-state index contributed by atoms with van der Waals surface area (Å²) < 4.78 is 0. The number of likely N-dealkylation sites (N-methyl/N-ethyl adjacent to an activating group) is 1. The maximum absolute atomic E-state index is 12.6. The SMILES string of the molecule is Cc1cccc(N2CCC[C@H](N(C)C(=O)Cc3csc(C)n3)C2)n1. The van der Waals surface area contributed by atoms with Crippen LogP contribution in [0.15, 0.2) is 23.6 Å². The maximum atomic E-state index is 12.6. The normalized spacial score (nSPS) is 17.8. The van der Waals surface area contributed by atoms with E-state index < -0.39 is 0 Å². The molecule has 1 atom stereocenters. The minimum absolute atomic E-state index is 0.143. The predicted molar refractivity (Wildman–Crippen MR) is 97.5 cm³/mol. The molecule has 0 unspecified atom stereocenters. The smallest absolute Gasteiger partial charge is 0.228 e. The molecule has 24 heavy (non-hydrogen) atoms. The molecular weight excluding hydrogens is 320 g/mol. The number of amides is 1. The van der Waals surface area contributed by atoms with Crippen LogP contribution < -0.4 is 4.90 Å². The summed E-state index contributed by atoms with van der Waals surface area (Å²) in [5.74, 6) is 1.15. The van der Waals surface area contributed by atoms with Crippen LogP contribution in [0.1, 0.15) is 29.2 Å². The highest BCUT2D eigenvalue weighted by molar-refractivity contribution is 7.09. The van der Waals surface area contributed by atoms with Gasteiger partial charge in [0.05, 0.1) is 17.1 Å². The lowest BCUT2D eigenvalue weighted by molar-refractivity contribution is -0.131. The molecule has 128 valence electrons. The molecule has 0 aromatic carbocycles. The van der Waals surface area contributed by atoms with Crippen LogP contribution in [0.4, 0.5) is 5.82 Å². The average Bonchev–Trinajstić information content (AvgIpc) is 2.99. The summed E-state index contributed by atoms with van der Waals surface area (Å²) in [6.45, 7) is 5.82. The fourth-order valence-corrected chi connectivity index (χ4v) is 3.77. The number of hydrogen-bond acceptors (Lipinski definition) is 5. The van der Waals surface area contributed by atoms with E-state index in [4.69, 9.17) is 0 Å². The van der Waals surface area contributed by atoms with Crippen molar-refractivity contribution in [3.63, 3.8) is 0 Å². The van der Waals surface area contributed by atoms with E-state index in [0.717, 1.165) is 48.1 Å². The van der Waals surface area contributed by atoms with Crippen molar-refractivity contribution in [3.8, 4) is 0 Å². The molecular formula is C18H24N4OS. The molecule has 2 aromatic rings. The zero-order valence-electron chi connectivity index (χ0n) is 14.5. The number of aromatic nitrogens is 2. The highest BCUT2D eigenvalue weighted by Gasteiger charge is 2.27. The zero-order valence-corrected chi connectivity index (χ0v) is 15.3. The maximum Gasteiger partial charge on any atom is 0.228 e. The number of thiazole rings is 1. The zero-order chi connectivity index (χ0) is 17.1. The molecule has 0 saturated carbocycles. The first kappa shape index (κ1) is 16.9. The number of carbonyl (C=O) groups excluding carboxylic acids is 1. The Morgan fingerprint density at radius 2 is 2.21 bits per heavy atom. The molecule has 1 aliphatic rings. The number of hydrogen-bond donors (Lipinski definition) is 0. The predicted octanol–water partition coefficient (Wildman–Crippen LogP) is 2.82. The molecule has 5 nitrogen and oxygen atoms in total. The van der Waals surface area contributed by atoms with E-state index >= 15 is 0 Å². The van der Waals surface area contributed by atoms with Crippen molar-refractivity contribution in [1.29, 1.82) is 0 Å². The van der Waals surface area contributed by atoms with Crippen LogP contribution in [0, 0.1) is 13.8 Å². The third-order valence-electron chi connectivity index (χ3n) is 4.53. The lowest BCUT2D eigenvalue weighted by atomic mass is 10.0. The van der Waals surface area contributed by atoms with Gasteiger partial charge >= 0.3 is 0 Å². The van der Waals surface area contributed by atoms with Gasteiger partial charge in [0.2, 0.25) is 5.91 Å². The van der Waals surface area contributed by atoms with Crippen molar-refractivity contribution in [3.05, 3.63) is 40.0 Å². The van der Waals surface area contributed by atoms with Crippen molar-refractivity contribution < 1.29 is 4.79 Å². The van der Waals surface area contributed by atoms with Crippen molar-refractivity contribution >= 4 is 23.1 Å². The first-order valence-electron chi connectivity index (χ1n) is 8.38. The second-order valence-corrected chi connectivity index (χ2v) is 7.48. The number of piperidine rings is 1. The fourth-order valence-electron chi connectivity index (χ4n) is 3.16. The van der Waals surface area contributed by atoms with Gasteiger partial charge in [-0.15, -0.1) is 11.3 Å². The Morgan fingerprint density at radius 1 is 1.38 bits per heavy atom. The van der Waals surface area contributed by atoms with E-state index in [2.05, 4.69) is 20.9 Å². The van der Waals surface area contributed by atoms with Gasteiger partial charge < -0.3 is 9.80 Å². The third-order valence-corrected chi connectivity index (χ3v) is 5.36. The van der Waals surface area contributed by atoms with E-state index in [1.807, 2.05) is 43.3 Å². The summed E-state index contributed by atoms with van der Waals surface area (Å²) in [7, 11) is 1.92. The number of nitrogens with zero attached hydrogens (tertiary/aromatic N) is 4. The minimum Gasteiger partial charge on any atom is -0.355 e. The first-order valence-corrected chi connectivity index (χ1v) is 9.26. The van der Waals surface area contributed by atoms with Crippen LogP contribution in [0.2, 0.25) is 0 Å². The first-order chi connectivity index (χ1) is 11.5. The Bertz CT molecular complexity index is 715. The Balaban J connectivity index is 1.64. The molecule has 3 rings (SSSR count). The van der Waals surface area contributed by atoms with Crippen molar-refractivity contribution in [2.45, 2.75) is 39.2 Å².